The van der Waals surface area contributed by atoms with Crippen LogP contribution in [0.1, 0.15) is 33.1 Å². The van der Waals surface area contributed by atoms with Crippen molar-refractivity contribution in [2.24, 2.45) is 11.8 Å². The summed E-state index contributed by atoms with van der Waals surface area (Å²) >= 11 is 0. The molecule has 0 bridgehead atoms. The van der Waals surface area contributed by atoms with Gasteiger partial charge in [-0.05, 0) is 43.0 Å². The highest BCUT2D eigenvalue weighted by Gasteiger charge is 2.41. The van der Waals surface area contributed by atoms with E-state index in [0.29, 0.717) is 30.8 Å². The van der Waals surface area contributed by atoms with Gasteiger partial charge in [0.2, 0.25) is 17.7 Å². The fourth-order valence-electron chi connectivity index (χ4n) is 4.15. The summed E-state index contributed by atoms with van der Waals surface area (Å²) in [4.78, 5) is 52.8. The lowest BCUT2D eigenvalue weighted by Gasteiger charge is -2.30. The van der Waals surface area contributed by atoms with E-state index < -0.39 is 24.0 Å². The normalized spacial score (nSPS) is 22.0. The summed E-state index contributed by atoms with van der Waals surface area (Å²) in [6.07, 6.45) is 1.08. The van der Waals surface area contributed by atoms with Crippen LogP contribution in [0.25, 0.3) is 0 Å². The Hall–Kier alpha value is -3.10. The molecule has 9 heteroatoms. The van der Waals surface area contributed by atoms with Crippen LogP contribution in [0.2, 0.25) is 0 Å². The van der Waals surface area contributed by atoms with E-state index >= 15 is 0 Å². The number of nitrogens with one attached hydrogen (secondary N) is 1. The Kier molecular flexibility index (Phi) is 6.82. The van der Waals surface area contributed by atoms with E-state index in [1.54, 1.807) is 50.1 Å². The monoisotopic (exact) mass is 431 g/mol. The Balaban J connectivity index is 1.67. The molecular formula is C22H29N3O6. The highest BCUT2D eigenvalue weighted by molar-refractivity contribution is 6.01. The van der Waals surface area contributed by atoms with Gasteiger partial charge in [-0.2, -0.15) is 0 Å². The number of hydrogen-bond donors (Lipinski definition) is 2. The van der Waals surface area contributed by atoms with Crippen LogP contribution in [0.3, 0.4) is 0 Å². The first kappa shape index (κ1) is 22.6. The van der Waals surface area contributed by atoms with Crippen LogP contribution < -0.4 is 15.0 Å². The van der Waals surface area contributed by atoms with Crippen molar-refractivity contribution in [1.29, 1.82) is 0 Å². The van der Waals surface area contributed by atoms with Crippen LogP contribution in [-0.2, 0) is 19.2 Å². The van der Waals surface area contributed by atoms with Crippen molar-refractivity contribution in [2.45, 2.75) is 45.2 Å². The number of carbonyl (C=O) groups excluding carboxylic acids is 3. The zero-order valence-electron chi connectivity index (χ0n) is 18.0. The van der Waals surface area contributed by atoms with Gasteiger partial charge in [-0.25, -0.2) is 4.79 Å². The molecule has 2 N–H and O–H groups in total. The molecule has 1 aromatic rings. The Morgan fingerprint density at radius 3 is 2.45 bits per heavy atom. The average Bonchev–Trinajstić information content (AvgIpc) is 3.38. The smallest absolute Gasteiger partial charge is 0.326 e. The number of ether oxygens (including phenoxy) is 1. The molecule has 0 saturated carbocycles. The first-order valence-corrected chi connectivity index (χ1v) is 10.5. The highest BCUT2D eigenvalue weighted by Crippen LogP contribution is 2.27. The predicted octanol–water partition coefficient (Wildman–Crippen LogP) is 1.26. The fourth-order valence-corrected chi connectivity index (χ4v) is 4.15. The molecule has 3 rings (SSSR count). The van der Waals surface area contributed by atoms with E-state index in [-0.39, 0.29) is 36.6 Å². The predicted molar refractivity (Wildman–Crippen MR) is 113 cm³/mol. The minimum atomic E-state index is -1.03. The number of nitrogens with zero attached hydrogens (tertiary/aromatic N) is 2. The minimum Gasteiger partial charge on any atom is -0.497 e. The second kappa shape index (κ2) is 9.36. The fraction of sp³-hybridized carbons (Fsp3) is 0.545. The first-order chi connectivity index (χ1) is 14.7. The third kappa shape index (κ3) is 4.81. The SMILES string of the molecule is COc1ccc(N2CC(C(=O)N[C@H](C(=O)N3CCCC3C(=O)O)C(C)C)CC2=O)cc1. The third-order valence-electron chi connectivity index (χ3n) is 5.93. The number of hydrogen-bond acceptors (Lipinski definition) is 5. The molecule has 2 aliphatic rings. The molecule has 0 spiro atoms. The van der Waals surface area contributed by atoms with Gasteiger partial charge in [0, 0.05) is 25.2 Å². The van der Waals surface area contributed by atoms with Gasteiger partial charge in [0.25, 0.3) is 0 Å². The van der Waals surface area contributed by atoms with Crippen molar-refractivity contribution in [3.63, 3.8) is 0 Å². The summed E-state index contributed by atoms with van der Waals surface area (Å²) in [6.45, 7) is 4.19. The Labute approximate surface area is 181 Å². The Morgan fingerprint density at radius 2 is 1.87 bits per heavy atom. The number of carboxylic acid groups (broad SMARTS) is 1. The lowest BCUT2D eigenvalue weighted by molar-refractivity contribution is -0.150. The van der Waals surface area contributed by atoms with Crippen molar-refractivity contribution in [3.05, 3.63) is 24.3 Å². The molecular weight excluding hydrogens is 402 g/mol. The molecule has 31 heavy (non-hydrogen) atoms. The van der Waals surface area contributed by atoms with E-state index in [0.717, 1.165) is 0 Å². The van der Waals surface area contributed by atoms with E-state index in [2.05, 4.69) is 5.32 Å². The number of rotatable bonds is 7. The topological polar surface area (TPSA) is 116 Å². The third-order valence-corrected chi connectivity index (χ3v) is 5.93. The summed E-state index contributed by atoms with van der Waals surface area (Å²) in [5.74, 6) is -2.09. The van der Waals surface area contributed by atoms with Crippen molar-refractivity contribution < 1.29 is 29.0 Å². The van der Waals surface area contributed by atoms with Gasteiger partial charge in [0.15, 0.2) is 0 Å². The number of methoxy groups -OCH3 is 1. The van der Waals surface area contributed by atoms with Crippen LogP contribution in [0.4, 0.5) is 5.69 Å². The van der Waals surface area contributed by atoms with Crippen molar-refractivity contribution >= 4 is 29.4 Å². The molecule has 3 amide bonds. The summed E-state index contributed by atoms with van der Waals surface area (Å²) in [7, 11) is 1.56. The number of amides is 3. The molecule has 0 aliphatic carbocycles. The van der Waals surface area contributed by atoms with Crippen molar-refractivity contribution in [2.75, 3.05) is 25.1 Å². The van der Waals surface area contributed by atoms with Gasteiger partial charge in [0.05, 0.1) is 13.0 Å². The number of aliphatic carboxylic acids is 1. The number of anilines is 1. The largest absolute Gasteiger partial charge is 0.497 e. The summed E-state index contributed by atoms with van der Waals surface area (Å²) in [6, 6.07) is 5.33. The van der Waals surface area contributed by atoms with Gasteiger partial charge in [-0.3, -0.25) is 14.4 Å². The molecule has 9 nitrogen and oxygen atoms in total. The lowest BCUT2D eigenvalue weighted by Crippen LogP contribution is -2.54. The summed E-state index contributed by atoms with van der Waals surface area (Å²) in [5, 5.41) is 12.2. The molecule has 1 aromatic carbocycles. The molecule has 0 radical (unpaired) electrons. The first-order valence-electron chi connectivity index (χ1n) is 10.5. The Bertz CT molecular complexity index is 853. The molecule has 2 unspecified atom stereocenters. The van der Waals surface area contributed by atoms with E-state index in [9.17, 15) is 24.3 Å². The number of likely N-dealkylation sites (tertiary alicyclic amines) is 1. The van der Waals surface area contributed by atoms with E-state index in [1.165, 1.54) is 4.90 Å². The highest BCUT2D eigenvalue weighted by atomic mass is 16.5. The zero-order chi connectivity index (χ0) is 22.7. The van der Waals surface area contributed by atoms with Crippen LogP contribution in [0, 0.1) is 11.8 Å². The quantitative estimate of drug-likeness (QED) is 0.672. The second-order valence-corrected chi connectivity index (χ2v) is 8.36. The average molecular weight is 431 g/mol. The van der Waals surface area contributed by atoms with Gasteiger partial charge >= 0.3 is 5.97 Å². The lowest BCUT2D eigenvalue weighted by atomic mass is 10.00. The van der Waals surface area contributed by atoms with Gasteiger partial charge in [0.1, 0.15) is 17.8 Å². The van der Waals surface area contributed by atoms with Crippen LogP contribution in [-0.4, -0.2) is 66.0 Å². The minimum absolute atomic E-state index is 0.0539. The number of benzene rings is 1. The summed E-state index contributed by atoms with van der Waals surface area (Å²) in [5.41, 5.74) is 0.680. The van der Waals surface area contributed by atoms with Crippen LogP contribution >= 0.6 is 0 Å². The van der Waals surface area contributed by atoms with Gasteiger partial charge in [-0.1, -0.05) is 13.8 Å². The number of carbonyl (C=O) groups is 4. The Morgan fingerprint density at radius 1 is 1.19 bits per heavy atom. The van der Waals surface area contributed by atoms with E-state index in [1.807, 2.05) is 0 Å². The van der Waals surface area contributed by atoms with Crippen LogP contribution in [0.15, 0.2) is 24.3 Å². The molecule has 2 saturated heterocycles. The molecule has 2 fully saturated rings. The molecule has 2 aliphatic heterocycles. The maximum absolute atomic E-state index is 13.0. The molecule has 168 valence electrons. The maximum Gasteiger partial charge on any atom is 0.326 e. The van der Waals surface area contributed by atoms with Crippen molar-refractivity contribution in [1.82, 2.24) is 10.2 Å². The summed E-state index contributed by atoms with van der Waals surface area (Å²) < 4.78 is 5.13. The zero-order valence-corrected chi connectivity index (χ0v) is 18.0. The second-order valence-electron chi connectivity index (χ2n) is 8.36. The molecule has 0 aromatic heterocycles. The van der Waals surface area contributed by atoms with Crippen molar-refractivity contribution in [3.8, 4) is 5.75 Å². The van der Waals surface area contributed by atoms with Gasteiger partial charge in [-0.15, -0.1) is 0 Å². The van der Waals surface area contributed by atoms with Gasteiger partial charge < -0.3 is 25.0 Å². The maximum atomic E-state index is 13.0. The standard InChI is InChI=1S/C22H29N3O6/c1-13(2)19(21(28)24-10-4-5-17(24)22(29)30)23-20(27)14-11-18(26)25(12-14)15-6-8-16(31-3)9-7-15/h6-9,13-14,17,19H,4-5,10-12H2,1-3H3,(H,23,27)(H,29,30)/t14?,17?,19-/m0/s1. The van der Waals surface area contributed by atoms with Crippen LogP contribution in [0.5, 0.6) is 5.75 Å². The molecule has 2 heterocycles. The number of carboxylic acids is 1. The van der Waals surface area contributed by atoms with E-state index in [4.69, 9.17) is 4.74 Å². The molecule has 3 atom stereocenters.